The van der Waals surface area contributed by atoms with E-state index in [0.717, 1.165) is 5.56 Å². The Morgan fingerprint density at radius 2 is 1.89 bits per heavy atom. The minimum Gasteiger partial charge on any atom is -0.376 e. The van der Waals surface area contributed by atoms with Crippen molar-refractivity contribution in [2.45, 2.75) is 32.6 Å². The first-order valence-corrected chi connectivity index (χ1v) is 7.77. The number of hydrogen-bond acceptors (Lipinski definition) is 3. The highest BCUT2D eigenvalue weighted by Crippen LogP contribution is 2.11. The number of ether oxygens (including phenoxy) is 1. The molecule has 0 aliphatic carbocycles. The van der Waals surface area contributed by atoms with Gasteiger partial charge in [-0.15, -0.1) is 0 Å². The zero-order chi connectivity index (χ0) is 13.5. The standard InChI is InChI=1S/C14H23NO2S/c1-4-17-14(8-15)10-18(16)9-13-6-11(2)5-12(3)7-13/h5-7,14H,4,8-10,15H2,1-3H3. The van der Waals surface area contributed by atoms with E-state index in [0.29, 0.717) is 24.7 Å². The van der Waals surface area contributed by atoms with Crippen molar-refractivity contribution in [1.82, 2.24) is 0 Å². The molecule has 0 saturated carbocycles. The highest BCUT2D eigenvalue weighted by atomic mass is 32.2. The molecule has 1 rings (SSSR count). The van der Waals surface area contributed by atoms with Crippen LogP contribution >= 0.6 is 0 Å². The number of hydrogen-bond donors (Lipinski definition) is 1. The summed E-state index contributed by atoms with van der Waals surface area (Å²) in [4.78, 5) is 0. The number of rotatable bonds is 7. The largest absolute Gasteiger partial charge is 0.376 e. The quantitative estimate of drug-likeness (QED) is 0.822. The molecule has 0 spiro atoms. The number of nitrogens with two attached hydrogens (primary N) is 1. The fraction of sp³-hybridized carbons (Fsp3) is 0.571. The van der Waals surface area contributed by atoms with Gasteiger partial charge in [-0.3, -0.25) is 4.21 Å². The van der Waals surface area contributed by atoms with Crippen molar-refractivity contribution in [2.24, 2.45) is 5.73 Å². The summed E-state index contributed by atoms with van der Waals surface area (Å²) in [6.45, 7) is 7.08. The van der Waals surface area contributed by atoms with Crippen molar-refractivity contribution >= 4 is 10.8 Å². The van der Waals surface area contributed by atoms with E-state index < -0.39 is 10.8 Å². The molecule has 0 aromatic heterocycles. The highest BCUT2D eigenvalue weighted by Gasteiger charge is 2.11. The van der Waals surface area contributed by atoms with Crippen LogP contribution in [0.3, 0.4) is 0 Å². The van der Waals surface area contributed by atoms with E-state index in [-0.39, 0.29) is 6.10 Å². The van der Waals surface area contributed by atoms with E-state index in [4.69, 9.17) is 10.5 Å². The monoisotopic (exact) mass is 269 g/mol. The Kier molecular flexibility index (Phi) is 6.54. The summed E-state index contributed by atoms with van der Waals surface area (Å²) in [5, 5.41) is 0. The summed E-state index contributed by atoms with van der Waals surface area (Å²) >= 11 is 0. The van der Waals surface area contributed by atoms with Crippen LogP contribution in [-0.2, 0) is 21.3 Å². The average molecular weight is 269 g/mol. The Labute approximate surface area is 112 Å². The molecule has 0 fully saturated rings. The van der Waals surface area contributed by atoms with Crippen LogP contribution in [0.2, 0.25) is 0 Å². The molecule has 1 aromatic carbocycles. The minimum atomic E-state index is -0.924. The second-order valence-corrected chi connectivity index (χ2v) is 6.06. The smallest absolute Gasteiger partial charge is 0.0812 e. The normalized spacial score (nSPS) is 14.4. The van der Waals surface area contributed by atoms with Gasteiger partial charge in [0, 0.05) is 29.7 Å². The summed E-state index contributed by atoms with van der Waals surface area (Å²) in [6.07, 6.45) is -0.0956. The SMILES string of the molecule is CCOC(CN)CS(=O)Cc1cc(C)cc(C)c1. The van der Waals surface area contributed by atoms with Crippen molar-refractivity contribution < 1.29 is 8.95 Å². The first kappa shape index (κ1) is 15.3. The maximum absolute atomic E-state index is 12.1. The van der Waals surface area contributed by atoms with Gasteiger partial charge in [-0.1, -0.05) is 29.3 Å². The Bertz CT molecular complexity index is 387. The van der Waals surface area contributed by atoms with Crippen LogP contribution in [-0.4, -0.2) is 29.2 Å². The van der Waals surface area contributed by atoms with Gasteiger partial charge >= 0.3 is 0 Å². The molecule has 1 aromatic rings. The molecule has 0 radical (unpaired) electrons. The molecule has 102 valence electrons. The van der Waals surface area contributed by atoms with Gasteiger partial charge in [0.1, 0.15) is 0 Å². The number of benzene rings is 1. The lowest BCUT2D eigenvalue weighted by molar-refractivity contribution is 0.0852. The van der Waals surface area contributed by atoms with Crippen molar-refractivity contribution in [1.29, 1.82) is 0 Å². The lowest BCUT2D eigenvalue weighted by atomic mass is 10.1. The third-order valence-corrected chi connectivity index (χ3v) is 4.05. The minimum absolute atomic E-state index is 0.0956. The van der Waals surface area contributed by atoms with E-state index >= 15 is 0 Å². The Morgan fingerprint density at radius 1 is 1.28 bits per heavy atom. The predicted molar refractivity (Wildman–Crippen MR) is 77.1 cm³/mol. The van der Waals surface area contributed by atoms with Gasteiger partial charge in [0.25, 0.3) is 0 Å². The molecule has 0 heterocycles. The van der Waals surface area contributed by atoms with E-state index in [1.54, 1.807) is 0 Å². The van der Waals surface area contributed by atoms with Crippen LogP contribution in [0.25, 0.3) is 0 Å². The summed E-state index contributed by atoms with van der Waals surface area (Å²) in [5.41, 5.74) is 9.13. The summed E-state index contributed by atoms with van der Waals surface area (Å²) in [6, 6.07) is 6.29. The predicted octanol–water partition coefficient (Wildman–Crippen LogP) is 1.92. The maximum atomic E-state index is 12.1. The molecule has 0 amide bonds. The Hall–Kier alpha value is -0.710. The Balaban J connectivity index is 2.58. The molecule has 3 nitrogen and oxygen atoms in total. The fourth-order valence-electron chi connectivity index (χ4n) is 2.02. The van der Waals surface area contributed by atoms with Crippen LogP contribution < -0.4 is 5.73 Å². The maximum Gasteiger partial charge on any atom is 0.0812 e. The zero-order valence-electron chi connectivity index (χ0n) is 11.4. The lowest BCUT2D eigenvalue weighted by Gasteiger charge is -2.14. The molecule has 18 heavy (non-hydrogen) atoms. The molecule has 0 aliphatic rings. The Morgan fingerprint density at radius 3 is 2.39 bits per heavy atom. The van der Waals surface area contributed by atoms with E-state index in [9.17, 15) is 4.21 Å². The van der Waals surface area contributed by atoms with Crippen molar-refractivity contribution in [2.75, 3.05) is 18.9 Å². The molecule has 2 atom stereocenters. The van der Waals surface area contributed by atoms with E-state index in [1.807, 2.05) is 6.92 Å². The molecule has 0 saturated heterocycles. The van der Waals surface area contributed by atoms with Crippen LogP contribution in [0.1, 0.15) is 23.6 Å². The topological polar surface area (TPSA) is 52.3 Å². The highest BCUT2D eigenvalue weighted by molar-refractivity contribution is 7.84. The molecular formula is C14H23NO2S. The molecule has 2 unspecified atom stereocenters. The lowest BCUT2D eigenvalue weighted by Crippen LogP contribution is -2.29. The van der Waals surface area contributed by atoms with Gasteiger partial charge in [0.2, 0.25) is 0 Å². The third kappa shape index (κ3) is 5.29. The molecule has 4 heteroatoms. The summed E-state index contributed by atoms with van der Waals surface area (Å²) in [5.74, 6) is 1.09. The van der Waals surface area contributed by atoms with E-state index in [1.165, 1.54) is 11.1 Å². The van der Waals surface area contributed by atoms with Gasteiger partial charge in [-0.25, -0.2) is 0 Å². The first-order valence-electron chi connectivity index (χ1n) is 6.29. The first-order chi connectivity index (χ1) is 8.55. The van der Waals surface area contributed by atoms with Crippen molar-refractivity contribution in [3.05, 3.63) is 34.9 Å². The number of aryl methyl sites for hydroxylation is 2. The van der Waals surface area contributed by atoms with Gasteiger partial charge in [-0.05, 0) is 26.3 Å². The average Bonchev–Trinajstić information content (AvgIpc) is 2.26. The second kappa shape index (κ2) is 7.67. The second-order valence-electron chi connectivity index (χ2n) is 4.56. The van der Waals surface area contributed by atoms with Gasteiger partial charge in [0.15, 0.2) is 0 Å². The summed E-state index contributed by atoms with van der Waals surface area (Å²) in [7, 11) is -0.924. The van der Waals surface area contributed by atoms with Crippen LogP contribution in [0, 0.1) is 13.8 Å². The van der Waals surface area contributed by atoms with Gasteiger partial charge < -0.3 is 10.5 Å². The van der Waals surface area contributed by atoms with Crippen LogP contribution in [0.15, 0.2) is 18.2 Å². The van der Waals surface area contributed by atoms with Crippen LogP contribution in [0.4, 0.5) is 0 Å². The van der Waals surface area contributed by atoms with Crippen molar-refractivity contribution in [3.8, 4) is 0 Å². The third-order valence-electron chi connectivity index (χ3n) is 2.65. The van der Waals surface area contributed by atoms with Gasteiger partial charge in [0.05, 0.1) is 11.9 Å². The fourth-order valence-corrected chi connectivity index (χ4v) is 3.33. The van der Waals surface area contributed by atoms with E-state index in [2.05, 4.69) is 32.0 Å². The zero-order valence-corrected chi connectivity index (χ0v) is 12.3. The molecule has 0 bridgehead atoms. The van der Waals surface area contributed by atoms with Crippen molar-refractivity contribution in [3.63, 3.8) is 0 Å². The molecule has 0 aliphatic heterocycles. The molecule has 2 N–H and O–H groups in total. The molecular weight excluding hydrogens is 246 g/mol. The summed E-state index contributed by atoms with van der Waals surface area (Å²) < 4.78 is 17.5. The van der Waals surface area contributed by atoms with Crippen LogP contribution in [0.5, 0.6) is 0 Å². The van der Waals surface area contributed by atoms with Gasteiger partial charge in [-0.2, -0.15) is 0 Å².